The number of hydrogen-bond acceptors (Lipinski definition) is 11. The normalized spacial score (nSPS) is 32.7. The molecule has 4 rings (SSSR count). The van der Waals surface area contributed by atoms with Gasteiger partial charge in [-0.2, -0.15) is 9.97 Å². The van der Waals surface area contributed by atoms with E-state index < -0.39 is 37.9 Å². The lowest BCUT2D eigenvalue weighted by Gasteiger charge is -2.35. The van der Waals surface area contributed by atoms with Crippen LogP contribution in [0.1, 0.15) is 33.9 Å². The van der Waals surface area contributed by atoms with Crippen LogP contribution in [-0.2, 0) is 22.9 Å². The van der Waals surface area contributed by atoms with Gasteiger partial charge in [-0.15, -0.1) is 0 Å². The fourth-order valence-corrected chi connectivity index (χ4v) is 5.35. The second-order valence-electron chi connectivity index (χ2n) is 7.51. The van der Waals surface area contributed by atoms with Gasteiger partial charge in [-0.25, -0.2) is 9.55 Å². The number of phosphoric acid groups is 1. The standard InChI is InChI=1S/C16H23N8O6P/c1-5-26-13-10-12(20-15(17)21-13)24(7-19-10)14-16(4,22-23-18)11-9(28-14)6-27-31(25,30-11)29-8(2)3/h7-9,11,14H,5-6H2,1-4H3,(H2,17,20,21)/t9-,11-,14-,16-,31?/m1/s1. The molecule has 2 aromatic rings. The van der Waals surface area contributed by atoms with E-state index in [4.69, 9.17) is 28.8 Å². The summed E-state index contributed by atoms with van der Waals surface area (Å²) in [7, 11) is -3.87. The molecule has 2 saturated heterocycles. The lowest BCUT2D eigenvalue weighted by atomic mass is 9.93. The van der Waals surface area contributed by atoms with E-state index >= 15 is 0 Å². The topological polar surface area (TPSA) is 182 Å². The van der Waals surface area contributed by atoms with Crippen LogP contribution in [0, 0.1) is 0 Å². The SMILES string of the molecule is CCOc1nc(N)nc2c1ncn2[C@@H]1O[C@@H]2COP(=O)(OC(C)C)O[C@H]2[C@@]1(C)N=[N+]=[N-]. The van der Waals surface area contributed by atoms with Crippen molar-refractivity contribution in [3.8, 4) is 5.88 Å². The van der Waals surface area contributed by atoms with Crippen LogP contribution < -0.4 is 10.5 Å². The maximum absolute atomic E-state index is 12.9. The van der Waals surface area contributed by atoms with Gasteiger partial charge in [0.2, 0.25) is 11.8 Å². The number of hydrogen-bond donors (Lipinski definition) is 1. The van der Waals surface area contributed by atoms with E-state index in [0.717, 1.165) is 0 Å². The molecule has 2 aromatic heterocycles. The largest absolute Gasteiger partial charge is 0.476 e. The van der Waals surface area contributed by atoms with Gasteiger partial charge in [0.1, 0.15) is 17.7 Å². The summed E-state index contributed by atoms with van der Waals surface area (Å²) in [6.07, 6.45) is -1.45. The molecule has 0 aromatic carbocycles. The van der Waals surface area contributed by atoms with Crippen LogP contribution in [0.5, 0.6) is 5.88 Å². The zero-order valence-electron chi connectivity index (χ0n) is 17.4. The van der Waals surface area contributed by atoms with Crippen molar-refractivity contribution in [2.45, 2.75) is 57.8 Å². The molecule has 0 amide bonds. The predicted octanol–water partition coefficient (Wildman–Crippen LogP) is 2.72. The Morgan fingerprint density at radius 3 is 2.97 bits per heavy atom. The Bertz CT molecular complexity index is 1090. The van der Waals surface area contributed by atoms with Crippen LogP contribution in [0.2, 0.25) is 0 Å². The molecule has 5 atom stereocenters. The van der Waals surface area contributed by atoms with E-state index in [1.807, 2.05) is 0 Å². The molecule has 0 radical (unpaired) electrons. The number of fused-ring (bicyclic) bond motifs is 2. The van der Waals surface area contributed by atoms with Crippen LogP contribution >= 0.6 is 7.82 Å². The molecular weight excluding hydrogens is 431 g/mol. The summed E-state index contributed by atoms with van der Waals surface area (Å²) in [6.45, 7) is 7.13. The van der Waals surface area contributed by atoms with Crippen molar-refractivity contribution in [3.05, 3.63) is 16.8 Å². The first kappa shape index (κ1) is 21.8. The molecule has 168 valence electrons. The Kier molecular flexibility index (Phi) is 5.54. The van der Waals surface area contributed by atoms with Crippen molar-refractivity contribution >= 4 is 24.9 Å². The van der Waals surface area contributed by atoms with Crippen molar-refractivity contribution in [2.24, 2.45) is 5.11 Å². The molecule has 14 nitrogen and oxygen atoms in total. The molecule has 2 aliphatic rings. The molecule has 0 spiro atoms. The molecule has 4 heterocycles. The fraction of sp³-hybridized carbons (Fsp3) is 0.688. The zero-order valence-corrected chi connectivity index (χ0v) is 18.3. The minimum absolute atomic E-state index is 0.0204. The minimum Gasteiger partial charge on any atom is -0.476 e. The van der Waals surface area contributed by atoms with E-state index in [-0.39, 0.29) is 18.4 Å². The average Bonchev–Trinajstić information content (AvgIpc) is 3.20. The van der Waals surface area contributed by atoms with Gasteiger partial charge in [0.15, 0.2) is 17.4 Å². The number of nitrogen functional groups attached to an aromatic ring is 1. The highest BCUT2D eigenvalue weighted by atomic mass is 31.2. The summed E-state index contributed by atoms with van der Waals surface area (Å²) in [5.74, 6) is 0.201. The summed E-state index contributed by atoms with van der Waals surface area (Å²) in [5, 5.41) is 3.95. The molecule has 1 unspecified atom stereocenters. The third-order valence-corrected chi connectivity index (χ3v) is 6.53. The quantitative estimate of drug-likeness (QED) is 0.295. The highest BCUT2D eigenvalue weighted by molar-refractivity contribution is 7.48. The summed E-state index contributed by atoms with van der Waals surface area (Å²) in [6, 6.07) is 0. The number of phosphoric ester groups is 1. The fourth-order valence-electron chi connectivity index (χ4n) is 3.71. The molecule has 2 fully saturated rings. The lowest BCUT2D eigenvalue weighted by Crippen LogP contribution is -2.46. The van der Waals surface area contributed by atoms with Gasteiger partial charge < -0.3 is 15.2 Å². The minimum atomic E-state index is -3.87. The molecular formula is C16H23N8O6P. The van der Waals surface area contributed by atoms with Crippen molar-refractivity contribution in [3.63, 3.8) is 0 Å². The number of nitrogens with zero attached hydrogens (tertiary/aromatic N) is 7. The first-order valence-corrected chi connectivity index (χ1v) is 11.1. The van der Waals surface area contributed by atoms with Crippen LogP contribution in [0.15, 0.2) is 11.4 Å². The Morgan fingerprint density at radius 1 is 1.52 bits per heavy atom. The van der Waals surface area contributed by atoms with Crippen molar-refractivity contribution in [1.82, 2.24) is 19.5 Å². The monoisotopic (exact) mass is 454 g/mol. The summed E-state index contributed by atoms with van der Waals surface area (Å²) < 4.78 is 42.5. The molecule has 0 aliphatic carbocycles. The highest BCUT2D eigenvalue weighted by Gasteiger charge is 2.61. The Morgan fingerprint density at radius 2 is 2.29 bits per heavy atom. The molecule has 2 N–H and O–H groups in total. The van der Waals surface area contributed by atoms with Crippen molar-refractivity contribution < 1.29 is 27.6 Å². The van der Waals surface area contributed by atoms with Crippen LogP contribution in [0.4, 0.5) is 5.95 Å². The maximum atomic E-state index is 12.9. The van der Waals surface area contributed by atoms with E-state index in [1.165, 1.54) is 6.33 Å². The van der Waals surface area contributed by atoms with Crippen LogP contribution in [0.25, 0.3) is 21.6 Å². The second kappa shape index (κ2) is 7.90. The smallest absolute Gasteiger partial charge is 0.475 e. The summed E-state index contributed by atoms with van der Waals surface area (Å²) >= 11 is 0. The van der Waals surface area contributed by atoms with Gasteiger partial charge in [0.05, 0.1) is 25.6 Å². The molecule has 2 aliphatic heterocycles. The van der Waals surface area contributed by atoms with E-state index in [2.05, 4.69) is 25.0 Å². The third-order valence-electron chi connectivity index (χ3n) is 4.90. The first-order valence-electron chi connectivity index (χ1n) is 9.66. The Balaban J connectivity index is 1.78. The van der Waals surface area contributed by atoms with Crippen LogP contribution in [0.3, 0.4) is 0 Å². The van der Waals surface area contributed by atoms with E-state index in [0.29, 0.717) is 17.8 Å². The predicted molar refractivity (Wildman–Crippen MR) is 107 cm³/mol. The molecule has 0 saturated carbocycles. The van der Waals surface area contributed by atoms with E-state index in [9.17, 15) is 10.1 Å². The molecule has 31 heavy (non-hydrogen) atoms. The highest BCUT2D eigenvalue weighted by Crippen LogP contribution is 2.60. The first-order chi connectivity index (χ1) is 14.7. The number of rotatable bonds is 6. The van der Waals surface area contributed by atoms with Gasteiger partial charge in [-0.05, 0) is 33.2 Å². The maximum Gasteiger partial charge on any atom is 0.475 e. The van der Waals surface area contributed by atoms with Gasteiger partial charge in [0, 0.05) is 4.91 Å². The van der Waals surface area contributed by atoms with Gasteiger partial charge >= 0.3 is 7.82 Å². The van der Waals surface area contributed by atoms with Crippen LogP contribution in [-0.4, -0.2) is 56.6 Å². The number of aromatic nitrogens is 4. The van der Waals surface area contributed by atoms with Gasteiger partial charge in [-0.3, -0.25) is 18.1 Å². The third kappa shape index (κ3) is 3.71. The number of imidazole rings is 1. The Hall–Kier alpha value is -2.47. The molecule has 15 heteroatoms. The second-order valence-corrected chi connectivity index (χ2v) is 9.08. The molecule has 0 bridgehead atoms. The summed E-state index contributed by atoms with van der Waals surface area (Å²) in [4.78, 5) is 15.6. The van der Waals surface area contributed by atoms with Crippen molar-refractivity contribution in [2.75, 3.05) is 18.9 Å². The zero-order chi connectivity index (χ0) is 22.4. The number of anilines is 1. The van der Waals surface area contributed by atoms with E-state index in [1.54, 1.807) is 32.3 Å². The lowest BCUT2D eigenvalue weighted by molar-refractivity contribution is -0.0733. The Labute approximate surface area is 177 Å². The summed E-state index contributed by atoms with van der Waals surface area (Å²) in [5.41, 5.74) is 14.5. The number of azide groups is 1. The van der Waals surface area contributed by atoms with Gasteiger partial charge in [-0.1, -0.05) is 5.11 Å². The number of nitrogens with two attached hydrogens (primary N) is 1. The number of ether oxygens (including phenoxy) is 2. The van der Waals surface area contributed by atoms with Gasteiger partial charge in [0.25, 0.3) is 0 Å². The van der Waals surface area contributed by atoms with Crippen molar-refractivity contribution in [1.29, 1.82) is 0 Å². The average molecular weight is 454 g/mol.